The van der Waals surface area contributed by atoms with Crippen molar-refractivity contribution in [3.8, 4) is 6.07 Å². The summed E-state index contributed by atoms with van der Waals surface area (Å²) in [7, 11) is 0. The van der Waals surface area contributed by atoms with Gasteiger partial charge in [-0.2, -0.15) is 5.26 Å². The molecule has 1 rings (SSSR count). The van der Waals surface area contributed by atoms with Crippen LogP contribution in [0, 0.1) is 25.0 Å². The molecule has 0 radical (unpaired) electrons. The van der Waals surface area contributed by atoms with Gasteiger partial charge in [0.25, 0.3) is 0 Å². The number of aromatic nitrogens is 1. The van der Waals surface area contributed by atoms with Gasteiger partial charge in [0.1, 0.15) is 6.07 Å². The minimum atomic E-state index is -2.90. The molecule has 0 aliphatic carbocycles. The van der Waals surface area contributed by atoms with Gasteiger partial charge in [0.05, 0.1) is 0 Å². The van der Waals surface area contributed by atoms with Gasteiger partial charge in [-0.3, -0.25) is 0 Å². The van der Waals surface area contributed by atoms with Crippen LogP contribution >= 0.6 is 22.6 Å². The Labute approximate surface area is 96.0 Å². The van der Waals surface area contributed by atoms with Crippen LogP contribution in [0.4, 0.5) is 14.6 Å². The fourth-order valence-electron chi connectivity index (χ4n) is 0.867. The Balaban J connectivity index is 3.47. The molecule has 8 heteroatoms. The molecule has 5 nitrogen and oxygen atoms in total. The van der Waals surface area contributed by atoms with Crippen LogP contribution in [-0.2, 0) is 0 Å². The molecule has 0 aliphatic heterocycles. The number of halogens is 3. The van der Waals surface area contributed by atoms with E-state index in [2.05, 4.69) is 4.98 Å². The summed E-state index contributed by atoms with van der Waals surface area (Å²) in [5.41, 5.74) is -1.00. The highest BCUT2D eigenvalue weighted by Crippen LogP contribution is 2.26. The highest BCUT2D eigenvalue weighted by atomic mass is 127. The van der Waals surface area contributed by atoms with Crippen LogP contribution in [0.15, 0.2) is 6.07 Å². The van der Waals surface area contributed by atoms with E-state index in [1.165, 1.54) is 0 Å². The highest BCUT2D eigenvalue weighted by Gasteiger charge is 2.25. The summed E-state index contributed by atoms with van der Waals surface area (Å²) in [5.74, 6) is -0.834. The number of nitro groups is 1. The van der Waals surface area contributed by atoms with Crippen LogP contribution in [-0.4, -0.2) is 9.91 Å². The first-order chi connectivity index (χ1) is 6.97. The minimum absolute atomic E-state index is 0.0899. The summed E-state index contributed by atoms with van der Waals surface area (Å²) in [4.78, 5) is 12.6. The Kier molecular flexibility index (Phi) is 3.46. The first-order valence-corrected chi connectivity index (χ1v) is 4.58. The number of hydrogen-bond acceptors (Lipinski definition) is 4. The van der Waals surface area contributed by atoms with Gasteiger partial charge >= 0.3 is 12.2 Å². The van der Waals surface area contributed by atoms with Gasteiger partial charge in [-0.05, 0) is 32.5 Å². The van der Waals surface area contributed by atoms with E-state index in [1.54, 1.807) is 28.7 Å². The Morgan fingerprint density at radius 3 is 2.67 bits per heavy atom. The number of nitrogens with zero attached hydrogens (tertiary/aromatic N) is 3. The topological polar surface area (TPSA) is 79.8 Å². The predicted octanol–water partition coefficient (Wildman–Crippen LogP) is 2.40. The van der Waals surface area contributed by atoms with Gasteiger partial charge in [0.2, 0.25) is 5.69 Å². The fourth-order valence-corrected chi connectivity index (χ4v) is 1.55. The molecule has 0 saturated heterocycles. The molecule has 0 bridgehead atoms. The molecule has 0 unspecified atom stereocenters. The van der Waals surface area contributed by atoms with Gasteiger partial charge in [-0.1, -0.05) is 0 Å². The third kappa shape index (κ3) is 2.35. The number of pyridine rings is 1. The summed E-state index contributed by atoms with van der Waals surface area (Å²) in [6, 6.07) is 2.51. The first kappa shape index (κ1) is 11.7. The van der Waals surface area contributed by atoms with Gasteiger partial charge in [0, 0.05) is 9.64 Å². The van der Waals surface area contributed by atoms with E-state index in [4.69, 9.17) is 5.26 Å². The lowest BCUT2D eigenvalue weighted by Gasteiger charge is -1.99. The van der Waals surface area contributed by atoms with Gasteiger partial charge in [-0.25, -0.2) is 8.78 Å². The van der Waals surface area contributed by atoms with Gasteiger partial charge in [-0.15, -0.1) is 0 Å². The predicted molar refractivity (Wildman–Crippen MR) is 53.3 cm³/mol. The third-order valence-corrected chi connectivity index (χ3v) is 2.33. The van der Waals surface area contributed by atoms with Gasteiger partial charge < -0.3 is 10.1 Å². The number of nitriles is 1. The van der Waals surface area contributed by atoms with Crippen molar-refractivity contribution >= 4 is 28.4 Å². The minimum Gasteiger partial charge on any atom is -0.358 e. The van der Waals surface area contributed by atoms with E-state index in [9.17, 15) is 18.9 Å². The fraction of sp³-hybridized carbons (Fsp3) is 0.143. The van der Waals surface area contributed by atoms with E-state index in [0.717, 1.165) is 6.07 Å². The number of rotatable bonds is 2. The van der Waals surface area contributed by atoms with Gasteiger partial charge in [0.15, 0.2) is 5.56 Å². The van der Waals surface area contributed by atoms with E-state index < -0.39 is 22.9 Å². The van der Waals surface area contributed by atoms with Crippen LogP contribution in [0.1, 0.15) is 17.7 Å². The smallest absolute Gasteiger partial charge is 0.358 e. The van der Waals surface area contributed by atoms with Crippen molar-refractivity contribution in [3.05, 3.63) is 31.0 Å². The quantitative estimate of drug-likeness (QED) is 0.475. The van der Waals surface area contributed by atoms with Crippen molar-refractivity contribution in [1.29, 1.82) is 5.26 Å². The largest absolute Gasteiger partial charge is 0.383 e. The first-order valence-electron chi connectivity index (χ1n) is 3.50. The zero-order chi connectivity index (χ0) is 11.6. The molecule has 0 spiro atoms. The molecule has 1 aromatic rings. The van der Waals surface area contributed by atoms with Crippen molar-refractivity contribution in [1.82, 2.24) is 4.98 Å². The summed E-state index contributed by atoms with van der Waals surface area (Å²) in [6.07, 6.45) is -2.90. The average molecular weight is 325 g/mol. The highest BCUT2D eigenvalue weighted by molar-refractivity contribution is 14.1. The maximum absolute atomic E-state index is 12.3. The van der Waals surface area contributed by atoms with Crippen LogP contribution in [0.5, 0.6) is 0 Å². The molecule has 0 atom stereocenters. The molecule has 0 saturated carbocycles. The molecular formula is C7H2F2IN3O2. The molecular weight excluding hydrogens is 323 g/mol. The van der Waals surface area contributed by atoms with Crippen LogP contribution in [0.2, 0.25) is 0 Å². The Bertz CT molecular complexity index is 458. The molecule has 0 N–H and O–H groups in total. The van der Waals surface area contributed by atoms with E-state index in [0.29, 0.717) is 0 Å². The second-order valence-electron chi connectivity index (χ2n) is 2.40. The Hall–Kier alpha value is -1.37. The standard InChI is InChI=1S/C7H2F2IN3O2/c8-6(9)5-1-4(10)3(2-11)7(12-5)13(14)15/h1,6H. The number of alkyl halides is 2. The Morgan fingerprint density at radius 1 is 1.67 bits per heavy atom. The van der Waals surface area contributed by atoms with E-state index >= 15 is 0 Å². The van der Waals surface area contributed by atoms with Crippen molar-refractivity contribution < 1.29 is 13.7 Å². The van der Waals surface area contributed by atoms with Crippen molar-refractivity contribution in [2.24, 2.45) is 0 Å². The summed E-state index contributed by atoms with van der Waals surface area (Å²) in [5, 5.41) is 19.0. The molecule has 15 heavy (non-hydrogen) atoms. The molecule has 0 aromatic carbocycles. The summed E-state index contributed by atoms with van der Waals surface area (Å²) in [6.45, 7) is 0. The molecule has 0 fully saturated rings. The van der Waals surface area contributed by atoms with Crippen LogP contribution in [0.3, 0.4) is 0 Å². The van der Waals surface area contributed by atoms with E-state index in [-0.39, 0.29) is 9.13 Å². The van der Waals surface area contributed by atoms with Crippen molar-refractivity contribution in [2.75, 3.05) is 0 Å². The SMILES string of the molecule is N#Cc1c(I)cc(C(F)F)nc1[N+](=O)[O-]. The van der Waals surface area contributed by atoms with Crippen molar-refractivity contribution in [2.45, 2.75) is 6.43 Å². The zero-order valence-electron chi connectivity index (χ0n) is 6.95. The average Bonchev–Trinajstić information content (AvgIpc) is 2.16. The third-order valence-electron chi connectivity index (χ3n) is 1.48. The lowest BCUT2D eigenvalue weighted by Crippen LogP contribution is -2.02. The zero-order valence-corrected chi connectivity index (χ0v) is 9.10. The normalized spacial score (nSPS) is 10.1. The van der Waals surface area contributed by atoms with E-state index in [1.807, 2.05) is 0 Å². The molecule has 78 valence electrons. The van der Waals surface area contributed by atoms with Crippen LogP contribution < -0.4 is 0 Å². The lowest BCUT2D eigenvalue weighted by molar-refractivity contribution is -0.390. The maximum Gasteiger partial charge on any atom is 0.383 e. The number of hydrogen-bond donors (Lipinski definition) is 0. The molecule has 1 heterocycles. The molecule has 0 aliphatic rings. The monoisotopic (exact) mass is 325 g/mol. The van der Waals surface area contributed by atoms with Crippen molar-refractivity contribution in [3.63, 3.8) is 0 Å². The van der Waals surface area contributed by atoms with Crippen LogP contribution in [0.25, 0.3) is 0 Å². The summed E-state index contributed by atoms with van der Waals surface area (Å²) < 4.78 is 24.6. The maximum atomic E-state index is 12.3. The Morgan fingerprint density at radius 2 is 2.27 bits per heavy atom. The molecule has 1 aromatic heterocycles. The summed E-state index contributed by atoms with van der Waals surface area (Å²) >= 11 is 1.58. The molecule has 0 amide bonds. The second kappa shape index (κ2) is 4.43. The lowest BCUT2D eigenvalue weighted by atomic mass is 10.2. The second-order valence-corrected chi connectivity index (χ2v) is 3.56.